The largest absolute Gasteiger partial charge is 0.480 e. The molecule has 0 fully saturated rings. The fraction of sp³-hybridized carbons (Fsp3) is 0.500. The van der Waals surface area contributed by atoms with Crippen LogP contribution in [0.3, 0.4) is 0 Å². The van der Waals surface area contributed by atoms with Gasteiger partial charge in [-0.1, -0.05) is 19.9 Å². The molecule has 7 nitrogen and oxygen atoms in total. The van der Waals surface area contributed by atoms with E-state index in [0.29, 0.717) is 6.54 Å². The number of rotatable bonds is 8. The van der Waals surface area contributed by atoms with E-state index >= 15 is 0 Å². The van der Waals surface area contributed by atoms with Crippen LogP contribution in [0.2, 0.25) is 0 Å². The lowest BCUT2D eigenvalue weighted by Gasteiger charge is -2.18. The van der Waals surface area contributed by atoms with Gasteiger partial charge in [-0.25, -0.2) is 8.42 Å². The maximum Gasteiger partial charge on any atom is 0.321 e. The summed E-state index contributed by atoms with van der Waals surface area (Å²) >= 11 is 0. The molecule has 1 unspecified atom stereocenters. The Labute approximate surface area is 142 Å². The van der Waals surface area contributed by atoms with Crippen molar-refractivity contribution in [1.29, 1.82) is 0 Å². The first-order valence-corrected chi connectivity index (χ1v) is 9.17. The lowest BCUT2D eigenvalue weighted by molar-refractivity contribution is -0.139. The Bertz CT molecular complexity index is 700. The zero-order valence-corrected chi connectivity index (χ0v) is 15.1. The van der Waals surface area contributed by atoms with E-state index in [2.05, 4.69) is 4.72 Å². The molecular formula is C16H24N2O5S. The standard InChI is InChI=1S/C16H24N2O5S/c1-5-18(4)15(19)12-7-6-8-13(10-12)24(22,23)17-14(16(20)21)9-11(2)3/h6-8,10-11,14,17H,5,9H2,1-4H3,(H,20,21). The van der Waals surface area contributed by atoms with E-state index in [1.54, 1.807) is 7.05 Å². The lowest BCUT2D eigenvalue weighted by Crippen LogP contribution is -2.41. The predicted octanol–water partition coefficient (Wildman–Crippen LogP) is 1.56. The highest BCUT2D eigenvalue weighted by atomic mass is 32.2. The summed E-state index contributed by atoms with van der Waals surface area (Å²) in [7, 11) is -2.42. The van der Waals surface area contributed by atoms with Gasteiger partial charge in [0.25, 0.3) is 5.91 Å². The predicted molar refractivity (Wildman–Crippen MR) is 90.3 cm³/mol. The smallest absolute Gasteiger partial charge is 0.321 e. The molecule has 0 saturated heterocycles. The van der Waals surface area contributed by atoms with Gasteiger partial charge >= 0.3 is 5.97 Å². The van der Waals surface area contributed by atoms with Gasteiger partial charge in [-0.2, -0.15) is 4.72 Å². The molecule has 0 radical (unpaired) electrons. The van der Waals surface area contributed by atoms with Crippen molar-refractivity contribution in [3.63, 3.8) is 0 Å². The molecule has 0 bridgehead atoms. The Hall–Kier alpha value is -1.93. The molecule has 24 heavy (non-hydrogen) atoms. The lowest BCUT2D eigenvalue weighted by atomic mass is 10.1. The minimum atomic E-state index is -4.04. The van der Waals surface area contributed by atoms with Gasteiger partial charge in [0.1, 0.15) is 6.04 Å². The van der Waals surface area contributed by atoms with Crippen molar-refractivity contribution in [3.05, 3.63) is 29.8 Å². The second-order valence-electron chi connectivity index (χ2n) is 5.99. The molecule has 0 heterocycles. The van der Waals surface area contributed by atoms with Gasteiger partial charge in [-0.3, -0.25) is 9.59 Å². The molecule has 1 atom stereocenters. The molecule has 1 amide bonds. The normalized spacial score (nSPS) is 12.9. The first-order valence-electron chi connectivity index (χ1n) is 7.69. The minimum absolute atomic E-state index is 0.0138. The van der Waals surface area contributed by atoms with Gasteiger partial charge < -0.3 is 10.0 Å². The van der Waals surface area contributed by atoms with Crippen molar-refractivity contribution >= 4 is 21.9 Å². The zero-order valence-electron chi connectivity index (χ0n) is 14.3. The summed E-state index contributed by atoms with van der Waals surface area (Å²) in [6.07, 6.45) is 0.172. The number of hydrogen-bond donors (Lipinski definition) is 2. The molecule has 134 valence electrons. The molecule has 0 aliphatic carbocycles. The van der Waals surface area contributed by atoms with Crippen molar-refractivity contribution in [1.82, 2.24) is 9.62 Å². The fourth-order valence-corrected chi connectivity index (χ4v) is 3.33. The highest BCUT2D eigenvalue weighted by Crippen LogP contribution is 2.15. The Morgan fingerprint density at radius 3 is 2.42 bits per heavy atom. The van der Waals surface area contributed by atoms with Crippen molar-refractivity contribution in [2.24, 2.45) is 5.92 Å². The Kier molecular flexibility index (Phi) is 6.92. The summed E-state index contributed by atoms with van der Waals surface area (Å²) in [4.78, 5) is 24.7. The number of carboxylic acid groups (broad SMARTS) is 1. The van der Waals surface area contributed by atoms with Gasteiger partial charge in [-0.05, 0) is 37.5 Å². The first kappa shape index (κ1) is 20.1. The average molecular weight is 356 g/mol. The third kappa shape index (κ3) is 5.31. The highest BCUT2D eigenvalue weighted by molar-refractivity contribution is 7.89. The van der Waals surface area contributed by atoms with Crippen molar-refractivity contribution < 1.29 is 23.1 Å². The number of benzene rings is 1. The van der Waals surface area contributed by atoms with E-state index in [1.807, 2.05) is 20.8 Å². The van der Waals surface area contributed by atoms with Crippen LogP contribution in [-0.2, 0) is 14.8 Å². The quantitative estimate of drug-likeness (QED) is 0.735. The summed E-state index contributed by atoms with van der Waals surface area (Å²) in [5.41, 5.74) is 0.234. The maximum atomic E-state index is 12.4. The van der Waals surface area contributed by atoms with Gasteiger partial charge in [0.05, 0.1) is 4.90 Å². The molecule has 1 aromatic rings. The van der Waals surface area contributed by atoms with E-state index in [-0.39, 0.29) is 28.7 Å². The molecular weight excluding hydrogens is 332 g/mol. The highest BCUT2D eigenvalue weighted by Gasteiger charge is 2.26. The summed E-state index contributed by atoms with van der Waals surface area (Å²) in [5.74, 6) is -1.52. The van der Waals surface area contributed by atoms with Crippen LogP contribution in [0.4, 0.5) is 0 Å². The van der Waals surface area contributed by atoms with Gasteiger partial charge in [0.15, 0.2) is 0 Å². The number of amides is 1. The van der Waals surface area contributed by atoms with E-state index in [1.165, 1.54) is 29.2 Å². The summed E-state index contributed by atoms with van der Waals surface area (Å²) in [5, 5.41) is 9.19. The van der Waals surface area contributed by atoms with E-state index in [0.717, 1.165) is 0 Å². The second-order valence-corrected chi connectivity index (χ2v) is 7.70. The molecule has 1 aromatic carbocycles. The topological polar surface area (TPSA) is 104 Å². The summed E-state index contributed by atoms with van der Waals surface area (Å²) < 4.78 is 27.1. The van der Waals surface area contributed by atoms with Crippen LogP contribution in [0, 0.1) is 5.92 Å². The number of carbonyl (C=O) groups excluding carboxylic acids is 1. The summed E-state index contributed by atoms with van der Waals surface area (Å²) in [6, 6.07) is 4.36. The Morgan fingerprint density at radius 1 is 1.29 bits per heavy atom. The molecule has 0 aromatic heterocycles. The first-order chi connectivity index (χ1) is 11.1. The SMILES string of the molecule is CCN(C)C(=O)c1cccc(S(=O)(=O)NC(CC(C)C)C(=O)O)c1. The number of carboxylic acids is 1. The van der Waals surface area contributed by atoms with Crippen LogP contribution >= 0.6 is 0 Å². The third-order valence-corrected chi connectivity index (χ3v) is 4.98. The maximum absolute atomic E-state index is 12.4. The fourth-order valence-electron chi connectivity index (χ4n) is 2.09. The zero-order chi connectivity index (χ0) is 18.5. The van der Waals surface area contributed by atoms with Gasteiger partial charge in [0, 0.05) is 19.2 Å². The monoisotopic (exact) mass is 356 g/mol. The number of nitrogens with zero attached hydrogens (tertiary/aromatic N) is 1. The van der Waals surface area contributed by atoms with E-state index in [4.69, 9.17) is 0 Å². The van der Waals surface area contributed by atoms with E-state index < -0.39 is 22.0 Å². The van der Waals surface area contributed by atoms with Gasteiger partial charge in [0.2, 0.25) is 10.0 Å². The van der Waals surface area contributed by atoms with Crippen LogP contribution in [0.15, 0.2) is 29.2 Å². The summed E-state index contributed by atoms with van der Waals surface area (Å²) in [6.45, 7) is 5.92. The molecule has 0 aliphatic rings. The van der Waals surface area contributed by atoms with Crippen molar-refractivity contribution in [3.8, 4) is 0 Å². The minimum Gasteiger partial charge on any atom is -0.480 e. The van der Waals surface area contributed by atoms with Crippen LogP contribution in [-0.4, -0.2) is 49.9 Å². The third-order valence-electron chi connectivity index (χ3n) is 3.51. The number of sulfonamides is 1. The van der Waals surface area contributed by atoms with Crippen LogP contribution in [0.1, 0.15) is 37.6 Å². The Balaban J connectivity index is 3.10. The number of hydrogen-bond acceptors (Lipinski definition) is 4. The van der Waals surface area contributed by atoms with Crippen LogP contribution in [0.5, 0.6) is 0 Å². The van der Waals surface area contributed by atoms with Crippen LogP contribution < -0.4 is 4.72 Å². The molecule has 1 rings (SSSR count). The average Bonchev–Trinajstić information content (AvgIpc) is 2.52. The number of nitrogens with one attached hydrogen (secondary N) is 1. The van der Waals surface area contributed by atoms with Crippen LogP contribution in [0.25, 0.3) is 0 Å². The molecule has 0 aliphatic heterocycles. The van der Waals surface area contributed by atoms with Gasteiger partial charge in [-0.15, -0.1) is 0 Å². The van der Waals surface area contributed by atoms with E-state index in [9.17, 15) is 23.1 Å². The van der Waals surface area contributed by atoms with Crippen molar-refractivity contribution in [2.45, 2.75) is 38.1 Å². The Morgan fingerprint density at radius 2 is 1.92 bits per heavy atom. The van der Waals surface area contributed by atoms with Crippen molar-refractivity contribution in [2.75, 3.05) is 13.6 Å². The molecule has 8 heteroatoms. The number of aliphatic carboxylic acids is 1. The molecule has 0 saturated carbocycles. The molecule has 2 N–H and O–H groups in total. The molecule has 0 spiro atoms. The number of carbonyl (C=O) groups is 2. The second kappa shape index (κ2) is 8.25.